The summed E-state index contributed by atoms with van der Waals surface area (Å²) in [6, 6.07) is 9.60. The Morgan fingerprint density at radius 3 is 2.65 bits per heavy atom. The molecule has 1 aliphatic heterocycles. The van der Waals surface area contributed by atoms with E-state index in [-0.39, 0.29) is 29.3 Å². The molecule has 2 aromatic rings. The number of amides is 1. The number of phenolic OH excluding ortho intramolecular Hbond substituents is 1. The Morgan fingerprint density at radius 1 is 1.31 bits per heavy atom. The van der Waals surface area contributed by atoms with Gasteiger partial charge in [-0.3, -0.25) is 9.59 Å². The number of aliphatic hydroxyl groups excluding tert-OH is 1. The lowest BCUT2D eigenvalue weighted by molar-refractivity contribution is -0.130. The van der Waals surface area contributed by atoms with Crippen LogP contribution in [0.3, 0.4) is 0 Å². The van der Waals surface area contributed by atoms with Gasteiger partial charge in [-0.15, -0.1) is 0 Å². The van der Waals surface area contributed by atoms with Crippen molar-refractivity contribution in [1.82, 2.24) is 5.32 Å². The van der Waals surface area contributed by atoms with Crippen LogP contribution in [0.5, 0.6) is 11.5 Å². The molecule has 136 valence electrons. The van der Waals surface area contributed by atoms with E-state index in [4.69, 9.17) is 4.74 Å². The molecule has 2 unspecified atom stereocenters. The molecule has 6 nitrogen and oxygen atoms in total. The van der Waals surface area contributed by atoms with Gasteiger partial charge in [-0.05, 0) is 42.8 Å². The highest BCUT2D eigenvalue weighted by Gasteiger charge is 2.36. The molecular weight excluding hydrogens is 341 g/mol. The Hall–Kier alpha value is -2.93. The van der Waals surface area contributed by atoms with E-state index < -0.39 is 30.0 Å². The van der Waals surface area contributed by atoms with Crippen molar-refractivity contribution < 1.29 is 28.9 Å². The predicted octanol–water partition coefficient (Wildman–Crippen LogP) is 1.89. The Morgan fingerprint density at radius 2 is 2.00 bits per heavy atom. The maximum Gasteiger partial charge on any atom is 0.262 e. The fraction of sp³-hybridized carbons (Fsp3) is 0.263. The molecule has 0 saturated heterocycles. The van der Waals surface area contributed by atoms with E-state index in [9.17, 15) is 24.2 Å². The molecule has 0 spiro atoms. The molecule has 7 heteroatoms. The number of nitrogens with one attached hydrogen (secondary N) is 1. The highest BCUT2D eigenvalue weighted by molar-refractivity contribution is 6.03. The normalized spacial score (nSPS) is 18.4. The summed E-state index contributed by atoms with van der Waals surface area (Å²) in [5.74, 6) is -1.30. The number of Topliss-reactive ketones (excluding diaryl/α,β-unsaturated/α-hetero) is 1. The molecule has 1 heterocycles. The van der Waals surface area contributed by atoms with Gasteiger partial charge in [0.1, 0.15) is 17.3 Å². The second-order valence-electron chi connectivity index (χ2n) is 6.40. The van der Waals surface area contributed by atoms with E-state index in [2.05, 4.69) is 5.32 Å². The molecule has 3 N–H and O–H groups in total. The summed E-state index contributed by atoms with van der Waals surface area (Å²) in [6.45, 7) is 1.22. The Balaban J connectivity index is 1.80. The lowest BCUT2D eigenvalue weighted by Gasteiger charge is -2.32. The van der Waals surface area contributed by atoms with E-state index >= 15 is 0 Å². The molecule has 0 saturated carbocycles. The fourth-order valence-electron chi connectivity index (χ4n) is 2.83. The van der Waals surface area contributed by atoms with Crippen LogP contribution in [-0.4, -0.2) is 34.6 Å². The number of hydrogen-bond donors (Lipinski definition) is 3. The minimum atomic E-state index is -1.12. The molecule has 2 aromatic carbocycles. The monoisotopic (exact) mass is 359 g/mol. The molecule has 1 aliphatic rings. The molecular formula is C19H18FNO5. The van der Waals surface area contributed by atoms with Gasteiger partial charge in [0.25, 0.3) is 5.91 Å². The van der Waals surface area contributed by atoms with Crippen LogP contribution in [0.2, 0.25) is 0 Å². The van der Waals surface area contributed by atoms with Crippen molar-refractivity contribution >= 4 is 11.7 Å². The van der Waals surface area contributed by atoms with Crippen molar-refractivity contribution in [1.29, 1.82) is 0 Å². The second-order valence-corrected chi connectivity index (χ2v) is 6.40. The van der Waals surface area contributed by atoms with Crippen LogP contribution in [-0.2, 0) is 10.3 Å². The highest BCUT2D eigenvalue weighted by Crippen LogP contribution is 2.29. The number of halogens is 1. The lowest BCUT2D eigenvalue weighted by atomic mass is 9.91. The summed E-state index contributed by atoms with van der Waals surface area (Å²) in [5.41, 5.74) is -0.437. The predicted molar refractivity (Wildman–Crippen MR) is 90.5 cm³/mol. The van der Waals surface area contributed by atoms with Gasteiger partial charge < -0.3 is 20.3 Å². The SMILES string of the molecule is CC(CO)(NC(=O)C1CC(=O)c2cc(F)ccc2O1)c1ccc(O)cc1. The first-order valence-electron chi connectivity index (χ1n) is 8.04. The van der Waals surface area contributed by atoms with Crippen molar-refractivity contribution in [2.24, 2.45) is 0 Å². The van der Waals surface area contributed by atoms with Gasteiger partial charge in [0.15, 0.2) is 11.9 Å². The number of carbonyl (C=O) groups is 2. The van der Waals surface area contributed by atoms with Crippen LogP contribution in [0.1, 0.15) is 29.3 Å². The zero-order valence-corrected chi connectivity index (χ0v) is 14.0. The highest BCUT2D eigenvalue weighted by atomic mass is 19.1. The third-order valence-corrected chi connectivity index (χ3v) is 4.39. The van der Waals surface area contributed by atoms with Crippen LogP contribution in [0.15, 0.2) is 42.5 Å². The first kappa shape index (κ1) is 17.9. The van der Waals surface area contributed by atoms with Crippen molar-refractivity contribution in [3.8, 4) is 11.5 Å². The van der Waals surface area contributed by atoms with Crippen LogP contribution in [0.25, 0.3) is 0 Å². The van der Waals surface area contributed by atoms with Crippen molar-refractivity contribution in [3.63, 3.8) is 0 Å². The van der Waals surface area contributed by atoms with Gasteiger partial charge in [0.2, 0.25) is 0 Å². The number of ether oxygens (including phenoxy) is 1. The van der Waals surface area contributed by atoms with Crippen LogP contribution in [0.4, 0.5) is 4.39 Å². The number of phenols is 1. The molecule has 26 heavy (non-hydrogen) atoms. The summed E-state index contributed by atoms with van der Waals surface area (Å²) >= 11 is 0. The smallest absolute Gasteiger partial charge is 0.262 e. The molecule has 0 aliphatic carbocycles. The maximum absolute atomic E-state index is 13.3. The van der Waals surface area contributed by atoms with Crippen LogP contribution >= 0.6 is 0 Å². The van der Waals surface area contributed by atoms with E-state index in [1.165, 1.54) is 18.2 Å². The molecule has 0 radical (unpaired) electrons. The molecule has 0 bridgehead atoms. The summed E-state index contributed by atoms with van der Waals surface area (Å²) in [6.07, 6.45) is -1.30. The first-order chi connectivity index (χ1) is 12.3. The summed E-state index contributed by atoms with van der Waals surface area (Å²) < 4.78 is 18.8. The minimum absolute atomic E-state index is 0.0606. The summed E-state index contributed by atoms with van der Waals surface area (Å²) in [4.78, 5) is 24.8. The number of benzene rings is 2. The van der Waals surface area contributed by atoms with E-state index in [0.29, 0.717) is 5.56 Å². The Labute approximate surface area is 149 Å². The minimum Gasteiger partial charge on any atom is -0.508 e. The van der Waals surface area contributed by atoms with Gasteiger partial charge in [-0.2, -0.15) is 0 Å². The number of rotatable bonds is 4. The van der Waals surface area contributed by atoms with E-state index in [1.807, 2.05) is 0 Å². The van der Waals surface area contributed by atoms with Crippen molar-refractivity contribution in [2.45, 2.75) is 25.0 Å². The lowest BCUT2D eigenvalue weighted by Crippen LogP contribution is -2.52. The molecule has 2 atom stereocenters. The molecule has 0 fully saturated rings. The number of fused-ring (bicyclic) bond motifs is 1. The topological polar surface area (TPSA) is 95.9 Å². The maximum atomic E-state index is 13.3. The van der Waals surface area contributed by atoms with Crippen LogP contribution in [0, 0.1) is 5.82 Å². The fourth-order valence-corrected chi connectivity index (χ4v) is 2.83. The van der Waals surface area contributed by atoms with Gasteiger partial charge in [0.05, 0.1) is 24.1 Å². The Bertz CT molecular complexity index is 852. The third-order valence-electron chi connectivity index (χ3n) is 4.39. The summed E-state index contributed by atoms with van der Waals surface area (Å²) in [7, 11) is 0. The van der Waals surface area contributed by atoms with E-state index in [1.54, 1.807) is 19.1 Å². The van der Waals surface area contributed by atoms with Gasteiger partial charge in [0, 0.05) is 0 Å². The number of aliphatic hydroxyl groups is 1. The second kappa shape index (κ2) is 6.76. The number of carbonyl (C=O) groups excluding carboxylic acids is 2. The van der Waals surface area contributed by atoms with Crippen LogP contribution < -0.4 is 10.1 Å². The first-order valence-corrected chi connectivity index (χ1v) is 8.04. The average Bonchev–Trinajstić information content (AvgIpc) is 2.62. The largest absolute Gasteiger partial charge is 0.508 e. The molecule has 1 amide bonds. The quantitative estimate of drug-likeness (QED) is 0.775. The number of ketones is 1. The van der Waals surface area contributed by atoms with Gasteiger partial charge >= 0.3 is 0 Å². The average molecular weight is 359 g/mol. The number of hydrogen-bond acceptors (Lipinski definition) is 5. The van der Waals surface area contributed by atoms with Gasteiger partial charge in [-0.25, -0.2) is 4.39 Å². The van der Waals surface area contributed by atoms with Crippen molar-refractivity contribution in [3.05, 3.63) is 59.4 Å². The summed E-state index contributed by atoms with van der Waals surface area (Å²) in [5, 5.41) is 21.8. The molecule has 0 aromatic heterocycles. The standard InChI is InChI=1S/C19H18FNO5/c1-19(10-22,11-2-5-13(23)6-3-11)21-18(25)17-9-15(24)14-8-12(20)4-7-16(14)26-17/h2-8,17,22-23H,9-10H2,1H3,(H,21,25). The Kier molecular flexibility index (Phi) is 4.65. The zero-order chi connectivity index (χ0) is 18.9. The zero-order valence-electron chi connectivity index (χ0n) is 14.0. The van der Waals surface area contributed by atoms with Gasteiger partial charge in [-0.1, -0.05) is 12.1 Å². The number of aromatic hydroxyl groups is 1. The third kappa shape index (κ3) is 3.39. The van der Waals surface area contributed by atoms with E-state index in [0.717, 1.165) is 12.1 Å². The van der Waals surface area contributed by atoms with Crippen molar-refractivity contribution in [2.75, 3.05) is 6.61 Å². The molecule has 3 rings (SSSR count).